The number of rotatable bonds is 4. The quantitative estimate of drug-likeness (QED) is 0.898. The molecule has 1 aliphatic carbocycles. The predicted octanol–water partition coefficient (Wildman–Crippen LogP) is 1.52. The van der Waals surface area contributed by atoms with E-state index in [0.29, 0.717) is 6.42 Å². The molecule has 20 heavy (non-hydrogen) atoms. The molecular formula is C14H19N3O2S. The molecule has 2 aromatic heterocycles. The van der Waals surface area contributed by atoms with Gasteiger partial charge in [0.25, 0.3) is 0 Å². The summed E-state index contributed by atoms with van der Waals surface area (Å²) in [5, 5.41) is 14.3. The Labute approximate surface area is 121 Å². The van der Waals surface area contributed by atoms with Crippen molar-refractivity contribution >= 4 is 22.2 Å². The van der Waals surface area contributed by atoms with Crippen molar-refractivity contribution in [2.75, 3.05) is 6.61 Å². The van der Waals surface area contributed by atoms with Crippen LogP contribution in [0, 0.1) is 12.8 Å². The van der Waals surface area contributed by atoms with Crippen molar-refractivity contribution in [3.63, 3.8) is 0 Å². The van der Waals surface area contributed by atoms with Crippen molar-refractivity contribution in [3.05, 3.63) is 23.0 Å². The van der Waals surface area contributed by atoms with Crippen molar-refractivity contribution in [1.82, 2.24) is 14.7 Å². The van der Waals surface area contributed by atoms with E-state index in [9.17, 15) is 9.90 Å². The van der Waals surface area contributed by atoms with Crippen molar-refractivity contribution in [3.8, 4) is 0 Å². The molecule has 0 bridgehead atoms. The summed E-state index contributed by atoms with van der Waals surface area (Å²) in [4.78, 5) is 17.5. The van der Waals surface area contributed by atoms with Gasteiger partial charge in [-0.1, -0.05) is 6.42 Å². The van der Waals surface area contributed by atoms with Crippen LogP contribution in [0.5, 0.6) is 0 Å². The zero-order chi connectivity index (χ0) is 14.1. The van der Waals surface area contributed by atoms with Gasteiger partial charge in [-0.05, 0) is 19.8 Å². The van der Waals surface area contributed by atoms with Gasteiger partial charge in [0, 0.05) is 35.8 Å². The van der Waals surface area contributed by atoms with Crippen LogP contribution < -0.4 is 5.32 Å². The van der Waals surface area contributed by atoms with Crippen LogP contribution >= 0.6 is 11.3 Å². The lowest BCUT2D eigenvalue weighted by Crippen LogP contribution is -2.39. The molecule has 2 N–H and O–H groups in total. The van der Waals surface area contributed by atoms with Crippen LogP contribution in [-0.2, 0) is 11.2 Å². The Morgan fingerprint density at radius 2 is 2.45 bits per heavy atom. The number of nitrogens with zero attached hydrogens (tertiary/aromatic N) is 2. The van der Waals surface area contributed by atoms with Gasteiger partial charge in [-0.25, -0.2) is 4.98 Å². The molecule has 1 saturated carbocycles. The van der Waals surface area contributed by atoms with Gasteiger partial charge in [0.05, 0.1) is 12.1 Å². The molecule has 2 atom stereocenters. The monoisotopic (exact) mass is 293 g/mol. The zero-order valence-corrected chi connectivity index (χ0v) is 12.3. The summed E-state index contributed by atoms with van der Waals surface area (Å²) in [6.45, 7) is 2.11. The number of aliphatic hydroxyl groups excluding tert-OH is 1. The largest absolute Gasteiger partial charge is 0.396 e. The Morgan fingerprint density at radius 1 is 1.60 bits per heavy atom. The van der Waals surface area contributed by atoms with Crippen LogP contribution in [0.15, 0.2) is 11.6 Å². The van der Waals surface area contributed by atoms with Crippen LogP contribution in [0.1, 0.15) is 30.7 Å². The minimum absolute atomic E-state index is 0.0291. The summed E-state index contributed by atoms with van der Waals surface area (Å²) in [5.41, 5.74) is 1.94. The van der Waals surface area contributed by atoms with Gasteiger partial charge < -0.3 is 10.4 Å². The zero-order valence-electron chi connectivity index (χ0n) is 11.5. The molecule has 0 spiro atoms. The molecule has 0 aliphatic heterocycles. The number of amides is 1. The van der Waals surface area contributed by atoms with Crippen molar-refractivity contribution < 1.29 is 9.90 Å². The highest BCUT2D eigenvalue weighted by Gasteiger charge is 2.27. The van der Waals surface area contributed by atoms with Crippen molar-refractivity contribution in [2.24, 2.45) is 5.92 Å². The second-order valence-corrected chi connectivity index (χ2v) is 6.32. The summed E-state index contributed by atoms with van der Waals surface area (Å²) in [5.74, 6) is 0.248. The van der Waals surface area contributed by atoms with E-state index in [2.05, 4.69) is 10.3 Å². The van der Waals surface area contributed by atoms with E-state index in [1.54, 1.807) is 11.3 Å². The highest BCUT2D eigenvalue weighted by atomic mass is 32.1. The van der Waals surface area contributed by atoms with Gasteiger partial charge in [0.2, 0.25) is 5.91 Å². The second-order valence-electron chi connectivity index (χ2n) is 5.49. The Morgan fingerprint density at radius 3 is 3.25 bits per heavy atom. The van der Waals surface area contributed by atoms with Gasteiger partial charge in [0.15, 0.2) is 4.96 Å². The molecule has 6 heteroatoms. The summed E-state index contributed by atoms with van der Waals surface area (Å²) in [7, 11) is 0. The normalized spacial score (nSPS) is 22.5. The molecule has 3 rings (SSSR count). The van der Waals surface area contributed by atoms with Crippen LogP contribution in [0.3, 0.4) is 0 Å². The lowest BCUT2D eigenvalue weighted by atomic mass is 10.0. The number of carbonyl (C=O) groups is 1. The first-order valence-corrected chi connectivity index (χ1v) is 7.87. The summed E-state index contributed by atoms with van der Waals surface area (Å²) < 4.78 is 1.98. The first-order valence-electron chi connectivity index (χ1n) is 6.99. The Kier molecular flexibility index (Phi) is 3.76. The van der Waals surface area contributed by atoms with Crippen LogP contribution in [0.4, 0.5) is 0 Å². The van der Waals surface area contributed by atoms with Gasteiger partial charge in [-0.15, -0.1) is 11.3 Å². The fourth-order valence-electron chi connectivity index (χ4n) is 2.94. The minimum atomic E-state index is 0.0291. The van der Waals surface area contributed by atoms with Gasteiger partial charge >= 0.3 is 0 Å². The fraction of sp³-hybridized carbons (Fsp3) is 0.571. The van der Waals surface area contributed by atoms with E-state index in [1.165, 1.54) is 0 Å². The van der Waals surface area contributed by atoms with Gasteiger partial charge in [-0.2, -0.15) is 0 Å². The highest BCUT2D eigenvalue weighted by molar-refractivity contribution is 7.15. The standard InChI is InChI=1S/C14H19N3O2S/c1-9-6-17-11(8-20-14(17)15-9)5-13(19)16-12-4-2-3-10(12)7-18/h6,8,10,12,18H,2-5,7H2,1H3,(H,16,19). The number of imidazole rings is 1. The molecule has 5 nitrogen and oxygen atoms in total. The lowest BCUT2D eigenvalue weighted by Gasteiger charge is -2.18. The van der Waals surface area contributed by atoms with Crippen molar-refractivity contribution in [1.29, 1.82) is 0 Å². The third-order valence-corrected chi connectivity index (χ3v) is 4.87. The third kappa shape index (κ3) is 2.58. The first kappa shape index (κ1) is 13.6. The molecule has 2 aromatic rings. The number of hydrogen-bond acceptors (Lipinski definition) is 4. The maximum atomic E-state index is 12.2. The average Bonchev–Trinajstić information content (AvgIpc) is 3.07. The summed E-state index contributed by atoms with van der Waals surface area (Å²) in [6, 6.07) is 0.131. The Bertz CT molecular complexity index is 619. The van der Waals surface area contributed by atoms with E-state index >= 15 is 0 Å². The molecule has 2 heterocycles. The molecule has 0 radical (unpaired) electrons. The molecule has 1 fully saturated rings. The van der Waals surface area contributed by atoms with E-state index < -0.39 is 0 Å². The smallest absolute Gasteiger partial charge is 0.226 e. The SMILES string of the molecule is Cc1cn2c(CC(=O)NC3CCCC3CO)csc2n1. The Balaban J connectivity index is 1.66. The van der Waals surface area contributed by atoms with Crippen LogP contribution in [0.25, 0.3) is 4.96 Å². The summed E-state index contributed by atoms with van der Waals surface area (Å²) in [6.07, 6.45) is 5.38. The molecule has 2 unspecified atom stereocenters. The van der Waals surface area contributed by atoms with E-state index in [1.807, 2.05) is 22.9 Å². The van der Waals surface area contributed by atoms with Crippen LogP contribution in [-0.4, -0.2) is 33.0 Å². The lowest BCUT2D eigenvalue weighted by molar-refractivity contribution is -0.121. The molecule has 0 aromatic carbocycles. The number of hydrogen-bond donors (Lipinski definition) is 2. The molecule has 0 saturated heterocycles. The maximum Gasteiger partial charge on any atom is 0.226 e. The third-order valence-electron chi connectivity index (χ3n) is 3.99. The number of aryl methyl sites for hydroxylation is 1. The molecule has 1 amide bonds. The van der Waals surface area contributed by atoms with E-state index in [0.717, 1.165) is 35.6 Å². The Hall–Kier alpha value is -1.40. The fourth-order valence-corrected chi connectivity index (χ4v) is 3.86. The number of nitrogens with one attached hydrogen (secondary N) is 1. The maximum absolute atomic E-state index is 12.2. The van der Waals surface area contributed by atoms with Crippen molar-refractivity contribution in [2.45, 2.75) is 38.6 Å². The topological polar surface area (TPSA) is 66.6 Å². The summed E-state index contributed by atoms with van der Waals surface area (Å²) >= 11 is 1.56. The molecular weight excluding hydrogens is 274 g/mol. The molecule has 1 aliphatic rings. The average molecular weight is 293 g/mol. The number of carbonyl (C=O) groups excluding carboxylic acids is 1. The highest BCUT2D eigenvalue weighted by Crippen LogP contribution is 2.25. The first-order chi connectivity index (χ1) is 9.67. The molecule has 108 valence electrons. The van der Waals surface area contributed by atoms with E-state index in [4.69, 9.17) is 0 Å². The number of fused-ring (bicyclic) bond motifs is 1. The van der Waals surface area contributed by atoms with Gasteiger partial charge in [0.1, 0.15) is 0 Å². The predicted molar refractivity (Wildman–Crippen MR) is 77.9 cm³/mol. The second kappa shape index (κ2) is 5.54. The van der Waals surface area contributed by atoms with E-state index in [-0.39, 0.29) is 24.5 Å². The van der Waals surface area contributed by atoms with Gasteiger partial charge in [-0.3, -0.25) is 9.20 Å². The number of aliphatic hydroxyl groups is 1. The minimum Gasteiger partial charge on any atom is -0.396 e. The number of aromatic nitrogens is 2. The number of thiazole rings is 1. The van der Waals surface area contributed by atoms with Crippen LogP contribution in [0.2, 0.25) is 0 Å².